The summed E-state index contributed by atoms with van der Waals surface area (Å²) < 4.78 is 54.6. The normalized spacial score (nSPS) is 11.8. The van der Waals surface area contributed by atoms with Crippen LogP contribution in [0.1, 0.15) is 122 Å². The van der Waals surface area contributed by atoms with Crippen LogP contribution in [0, 0.1) is 0 Å². The molecular formula is C32H53O11S-. The van der Waals surface area contributed by atoms with Crippen LogP contribution in [0.4, 0.5) is 0 Å². The lowest BCUT2D eigenvalue weighted by molar-refractivity contribution is -0.150. The summed E-state index contributed by atoms with van der Waals surface area (Å²) in [6.45, 7) is 7.58. The van der Waals surface area contributed by atoms with Gasteiger partial charge in [-0.3, -0.25) is 9.59 Å². The Morgan fingerprint density at radius 3 is 1.14 bits per heavy atom. The monoisotopic (exact) mass is 645 g/mol. The highest BCUT2D eigenvalue weighted by atomic mass is 32.2. The van der Waals surface area contributed by atoms with Crippen LogP contribution in [0.15, 0.2) is 25.3 Å². The van der Waals surface area contributed by atoms with Gasteiger partial charge in [-0.05, 0) is 25.7 Å². The van der Waals surface area contributed by atoms with E-state index >= 15 is 0 Å². The van der Waals surface area contributed by atoms with Gasteiger partial charge < -0.3 is 23.5 Å². The van der Waals surface area contributed by atoms with E-state index in [1.54, 1.807) is 0 Å². The second kappa shape index (κ2) is 27.8. The zero-order valence-corrected chi connectivity index (χ0v) is 27.1. The summed E-state index contributed by atoms with van der Waals surface area (Å²) in [7, 11) is -5.07. The fraction of sp³-hybridized carbons (Fsp3) is 0.750. The molecule has 0 bridgehead atoms. The Morgan fingerprint density at radius 1 is 0.523 bits per heavy atom. The van der Waals surface area contributed by atoms with Gasteiger partial charge in [-0.15, -0.1) is 0 Å². The second-order valence-corrected chi connectivity index (χ2v) is 12.2. The van der Waals surface area contributed by atoms with Crippen LogP contribution in [0.2, 0.25) is 0 Å². The largest absolute Gasteiger partial charge is 0.747 e. The molecule has 0 aromatic heterocycles. The fourth-order valence-electron chi connectivity index (χ4n) is 4.31. The Bertz CT molecular complexity index is 930. The minimum absolute atomic E-state index is 0.0194. The first-order chi connectivity index (χ1) is 21.1. The minimum Gasteiger partial charge on any atom is -0.747 e. The molecule has 0 spiro atoms. The lowest BCUT2D eigenvalue weighted by Gasteiger charge is -2.18. The van der Waals surface area contributed by atoms with Crippen molar-refractivity contribution in [1.82, 2.24) is 0 Å². The van der Waals surface area contributed by atoms with Crippen molar-refractivity contribution in [2.75, 3.05) is 26.4 Å². The average molecular weight is 646 g/mol. The van der Waals surface area contributed by atoms with E-state index in [-0.39, 0.29) is 13.2 Å². The summed E-state index contributed by atoms with van der Waals surface area (Å²) in [6, 6.07) is 0. The number of unbranched alkanes of at least 4 members (excludes halogenated alkanes) is 16. The van der Waals surface area contributed by atoms with E-state index in [1.165, 1.54) is 0 Å². The lowest BCUT2D eigenvalue weighted by atomic mass is 10.1. The molecule has 0 aliphatic carbocycles. The van der Waals surface area contributed by atoms with Gasteiger partial charge in [-0.25, -0.2) is 18.0 Å². The molecule has 0 heterocycles. The summed E-state index contributed by atoms with van der Waals surface area (Å²) in [5.41, 5.74) is 0. The van der Waals surface area contributed by atoms with Crippen molar-refractivity contribution in [3.8, 4) is 0 Å². The van der Waals surface area contributed by atoms with Crippen molar-refractivity contribution in [2.45, 2.75) is 127 Å². The minimum atomic E-state index is -5.07. The van der Waals surface area contributed by atoms with E-state index in [0.717, 1.165) is 115 Å². The first kappa shape index (κ1) is 41.3. The molecule has 0 fully saturated rings. The standard InChI is InChI=1S/C32H54O11S/c1-3-29(33)40-23-19-15-11-7-5-9-13-17-21-25-42-31(35)27-28(44(37,38)39)32(36)43-26-22-18-14-10-6-8-12-16-20-24-41-30(34)4-2/h3-4,28H,1-2,5-27H2,(H,37,38,39)/p-1. The summed E-state index contributed by atoms with van der Waals surface area (Å²) >= 11 is 0. The van der Waals surface area contributed by atoms with Crippen LogP contribution in [0.25, 0.3) is 0 Å². The second-order valence-electron chi connectivity index (χ2n) is 10.7. The lowest BCUT2D eigenvalue weighted by Crippen LogP contribution is -2.34. The van der Waals surface area contributed by atoms with Crippen LogP contribution in [-0.4, -0.2) is 68.5 Å². The Labute approximate surface area is 263 Å². The first-order valence-corrected chi connectivity index (χ1v) is 17.4. The van der Waals surface area contributed by atoms with Gasteiger partial charge in [-0.1, -0.05) is 103 Å². The van der Waals surface area contributed by atoms with Crippen LogP contribution < -0.4 is 0 Å². The molecular weight excluding hydrogens is 592 g/mol. The van der Waals surface area contributed by atoms with E-state index in [4.69, 9.17) is 18.9 Å². The molecule has 0 amide bonds. The van der Waals surface area contributed by atoms with Crippen LogP contribution >= 0.6 is 0 Å². The molecule has 12 heteroatoms. The van der Waals surface area contributed by atoms with Gasteiger partial charge in [0.15, 0.2) is 5.25 Å². The average Bonchev–Trinajstić information content (AvgIpc) is 2.99. The molecule has 0 aliphatic rings. The predicted octanol–water partition coefficient (Wildman–Crippen LogP) is 5.86. The number of hydrogen-bond donors (Lipinski definition) is 0. The molecule has 0 saturated heterocycles. The van der Waals surface area contributed by atoms with E-state index in [2.05, 4.69) is 13.2 Å². The summed E-state index contributed by atoms with van der Waals surface area (Å²) in [5, 5.41) is -2.11. The predicted molar refractivity (Wildman–Crippen MR) is 165 cm³/mol. The van der Waals surface area contributed by atoms with Crippen LogP contribution in [0.5, 0.6) is 0 Å². The van der Waals surface area contributed by atoms with Crippen molar-refractivity contribution >= 4 is 34.0 Å². The van der Waals surface area contributed by atoms with Crippen molar-refractivity contribution in [1.29, 1.82) is 0 Å². The van der Waals surface area contributed by atoms with Gasteiger partial charge in [0.1, 0.15) is 10.1 Å². The van der Waals surface area contributed by atoms with Crippen molar-refractivity contribution in [3.05, 3.63) is 25.3 Å². The molecule has 0 radical (unpaired) electrons. The van der Waals surface area contributed by atoms with E-state index in [9.17, 15) is 32.1 Å². The van der Waals surface area contributed by atoms with Gasteiger partial charge in [0.2, 0.25) is 0 Å². The number of carbonyl (C=O) groups is 4. The van der Waals surface area contributed by atoms with Gasteiger partial charge in [0, 0.05) is 12.2 Å². The summed E-state index contributed by atoms with van der Waals surface area (Å²) in [6.07, 6.45) is 18.2. The van der Waals surface area contributed by atoms with E-state index < -0.39 is 45.7 Å². The molecule has 0 N–H and O–H groups in total. The summed E-state index contributed by atoms with van der Waals surface area (Å²) in [4.78, 5) is 46.1. The summed E-state index contributed by atoms with van der Waals surface area (Å²) in [5.74, 6) is -2.93. The number of rotatable bonds is 30. The van der Waals surface area contributed by atoms with Crippen molar-refractivity contribution < 1.29 is 51.1 Å². The van der Waals surface area contributed by atoms with Gasteiger partial charge in [-0.2, -0.15) is 0 Å². The van der Waals surface area contributed by atoms with Crippen LogP contribution in [0.3, 0.4) is 0 Å². The first-order valence-electron chi connectivity index (χ1n) is 16.0. The molecule has 0 aromatic rings. The third-order valence-electron chi connectivity index (χ3n) is 6.87. The van der Waals surface area contributed by atoms with Crippen molar-refractivity contribution in [3.63, 3.8) is 0 Å². The third-order valence-corrected chi connectivity index (χ3v) is 7.93. The Hall–Kier alpha value is -2.73. The van der Waals surface area contributed by atoms with Crippen molar-refractivity contribution in [2.24, 2.45) is 0 Å². The van der Waals surface area contributed by atoms with Gasteiger partial charge >= 0.3 is 23.9 Å². The Kier molecular flexibility index (Phi) is 26.1. The SMILES string of the molecule is C=CC(=O)OCCCCCCCCCCCOC(=O)CC(C(=O)OCCCCCCCCCCCOC(=O)C=C)S(=O)(=O)[O-]. The molecule has 0 rings (SSSR count). The third kappa shape index (κ3) is 25.7. The maximum Gasteiger partial charge on any atom is 0.330 e. The molecule has 0 aliphatic heterocycles. The molecule has 0 aromatic carbocycles. The number of hydrogen-bond acceptors (Lipinski definition) is 11. The molecule has 1 unspecified atom stereocenters. The van der Waals surface area contributed by atoms with Crippen LogP contribution in [-0.2, 0) is 48.2 Å². The number of esters is 4. The number of ether oxygens (including phenoxy) is 4. The zero-order valence-electron chi connectivity index (χ0n) is 26.3. The van der Waals surface area contributed by atoms with E-state index in [0.29, 0.717) is 26.1 Å². The highest BCUT2D eigenvalue weighted by molar-refractivity contribution is 7.87. The fourth-order valence-corrected chi connectivity index (χ4v) is 4.96. The highest BCUT2D eigenvalue weighted by Crippen LogP contribution is 2.13. The maximum absolute atomic E-state index is 12.2. The van der Waals surface area contributed by atoms with Gasteiger partial charge in [0.25, 0.3) is 0 Å². The molecule has 0 saturated carbocycles. The number of carbonyl (C=O) groups excluding carboxylic acids is 4. The molecule has 11 nitrogen and oxygen atoms in total. The molecule has 254 valence electrons. The highest BCUT2D eigenvalue weighted by Gasteiger charge is 2.30. The topological polar surface area (TPSA) is 162 Å². The maximum atomic E-state index is 12.2. The molecule has 44 heavy (non-hydrogen) atoms. The Balaban J connectivity index is 3.84. The smallest absolute Gasteiger partial charge is 0.330 e. The zero-order chi connectivity index (χ0) is 32.9. The van der Waals surface area contributed by atoms with E-state index in [1.807, 2.05) is 0 Å². The Morgan fingerprint density at radius 2 is 0.818 bits per heavy atom. The van der Waals surface area contributed by atoms with Gasteiger partial charge in [0.05, 0.1) is 32.8 Å². The quantitative estimate of drug-likeness (QED) is 0.0302. The molecule has 1 atom stereocenters.